The van der Waals surface area contributed by atoms with Gasteiger partial charge in [-0.1, -0.05) is 12.1 Å². The van der Waals surface area contributed by atoms with E-state index in [1.165, 1.54) is 53.7 Å². The molecule has 1 unspecified atom stereocenters. The average molecular weight is 419 g/mol. The number of hydrazone groups is 1. The van der Waals surface area contributed by atoms with Crippen LogP contribution in [0.15, 0.2) is 65.9 Å². The Balaban J connectivity index is 1.49. The van der Waals surface area contributed by atoms with Crippen molar-refractivity contribution in [2.75, 3.05) is 5.01 Å². The molecule has 0 bridgehead atoms. The van der Waals surface area contributed by atoms with E-state index in [-0.39, 0.29) is 22.8 Å². The Labute approximate surface area is 176 Å². The number of rotatable bonds is 6. The summed E-state index contributed by atoms with van der Waals surface area (Å²) in [5.74, 6) is -2.61. The molecule has 2 aromatic carbocycles. The van der Waals surface area contributed by atoms with Gasteiger partial charge in [-0.05, 0) is 49.4 Å². The Kier molecular flexibility index (Phi) is 5.21. The molecule has 1 atom stereocenters. The van der Waals surface area contributed by atoms with Crippen LogP contribution >= 0.6 is 0 Å². The van der Waals surface area contributed by atoms with Crippen LogP contribution in [-0.4, -0.2) is 33.5 Å². The molecule has 1 amide bonds. The zero-order valence-corrected chi connectivity index (χ0v) is 16.5. The third-order valence-electron chi connectivity index (χ3n) is 5.14. The van der Waals surface area contributed by atoms with Gasteiger partial charge in [0.2, 0.25) is 0 Å². The van der Waals surface area contributed by atoms with Gasteiger partial charge in [0.15, 0.2) is 5.78 Å². The van der Waals surface area contributed by atoms with E-state index in [1.807, 2.05) is 0 Å². The smallest absolute Gasteiger partial charge is 0.335 e. The molecular weight excluding hydrogens is 401 g/mol. The predicted octanol–water partition coefficient (Wildman–Crippen LogP) is 3.66. The van der Waals surface area contributed by atoms with Crippen LogP contribution in [0.1, 0.15) is 38.9 Å². The van der Waals surface area contributed by atoms with Crippen molar-refractivity contribution < 1.29 is 23.9 Å². The number of aromatic nitrogens is 1. The van der Waals surface area contributed by atoms with E-state index < -0.39 is 17.7 Å². The fraction of sp³-hybridized carbons (Fsp3) is 0.130. The summed E-state index contributed by atoms with van der Waals surface area (Å²) in [5, 5.41) is 14.6. The van der Waals surface area contributed by atoms with Gasteiger partial charge in [0.05, 0.1) is 17.2 Å². The van der Waals surface area contributed by atoms with Gasteiger partial charge in [-0.3, -0.25) is 9.59 Å². The Bertz CT molecular complexity index is 1210. The first kappa shape index (κ1) is 20.2. The summed E-state index contributed by atoms with van der Waals surface area (Å²) < 4.78 is 13.4. The molecule has 3 aromatic rings. The molecule has 156 valence electrons. The number of hydrogen-bond acceptors (Lipinski definition) is 4. The number of ketones is 1. The maximum Gasteiger partial charge on any atom is 0.335 e. The molecule has 31 heavy (non-hydrogen) atoms. The van der Waals surface area contributed by atoms with E-state index in [1.54, 1.807) is 19.1 Å². The zero-order chi connectivity index (χ0) is 22.1. The summed E-state index contributed by atoms with van der Waals surface area (Å²) in [7, 11) is 0. The summed E-state index contributed by atoms with van der Waals surface area (Å²) >= 11 is 0. The summed E-state index contributed by atoms with van der Waals surface area (Å²) in [6.07, 6.45) is 1.85. The highest BCUT2D eigenvalue weighted by atomic mass is 19.1. The van der Waals surface area contributed by atoms with Gasteiger partial charge in [-0.25, -0.2) is 14.2 Å². The van der Waals surface area contributed by atoms with Crippen molar-refractivity contribution in [3.63, 3.8) is 0 Å². The van der Waals surface area contributed by atoms with E-state index in [0.717, 1.165) is 0 Å². The van der Waals surface area contributed by atoms with Crippen molar-refractivity contribution >= 4 is 29.1 Å². The van der Waals surface area contributed by atoms with Crippen LogP contribution in [0, 0.1) is 11.7 Å². The van der Waals surface area contributed by atoms with Gasteiger partial charge >= 0.3 is 5.97 Å². The third kappa shape index (κ3) is 4.00. The number of carboxylic acids is 1. The molecule has 8 heteroatoms. The third-order valence-corrected chi connectivity index (χ3v) is 5.14. The van der Waals surface area contributed by atoms with Crippen LogP contribution in [-0.2, 0) is 11.2 Å². The molecule has 1 aromatic heterocycles. The highest BCUT2D eigenvalue weighted by Gasteiger charge is 2.34. The molecule has 0 aliphatic carbocycles. The predicted molar refractivity (Wildman–Crippen MR) is 112 cm³/mol. The first-order chi connectivity index (χ1) is 14.8. The minimum atomic E-state index is -1.05. The molecule has 2 heterocycles. The SMILES string of the molecule is CC1=NN(c2ccc(C(=O)O)cc2)C(=O)C1Cc1cc(C(=O)c2cccc(F)c2)c[nH]1. The second-order valence-corrected chi connectivity index (χ2v) is 7.25. The Morgan fingerprint density at radius 2 is 1.84 bits per heavy atom. The summed E-state index contributed by atoms with van der Waals surface area (Å²) in [6, 6.07) is 13.0. The topological polar surface area (TPSA) is 103 Å². The van der Waals surface area contributed by atoms with Crippen molar-refractivity contribution in [2.24, 2.45) is 11.0 Å². The van der Waals surface area contributed by atoms with Crippen molar-refractivity contribution in [1.29, 1.82) is 0 Å². The summed E-state index contributed by atoms with van der Waals surface area (Å²) in [6.45, 7) is 1.75. The van der Waals surface area contributed by atoms with Gasteiger partial charge in [-0.2, -0.15) is 5.10 Å². The molecule has 1 aliphatic rings. The lowest BCUT2D eigenvalue weighted by Crippen LogP contribution is -2.28. The van der Waals surface area contributed by atoms with E-state index in [9.17, 15) is 18.8 Å². The number of amides is 1. The van der Waals surface area contributed by atoms with E-state index in [2.05, 4.69) is 10.1 Å². The second-order valence-electron chi connectivity index (χ2n) is 7.25. The van der Waals surface area contributed by atoms with Crippen LogP contribution in [0.2, 0.25) is 0 Å². The van der Waals surface area contributed by atoms with Crippen molar-refractivity contribution in [1.82, 2.24) is 4.98 Å². The Hall–Kier alpha value is -4.07. The van der Waals surface area contributed by atoms with Crippen LogP contribution in [0.5, 0.6) is 0 Å². The van der Waals surface area contributed by atoms with Crippen LogP contribution < -0.4 is 5.01 Å². The van der Waals surface area contributed by atoms with Gasteiger partial charge in [0, 0.05) is 35.2 Å². The average Bonchev–Trinajstić information content (AvgIpc) is 3.33. The standard InChI is InChI=1S/C23H18FN3O4/c1-13-20(22(29)27(26-13)19-7-5-14(6-8-19)23(30)31)11-18-10-16(12-25-18)21(28)15-3-2-4-17(24)9-15/h2-10,12,20,25H,11H2,1H3,(H,30,31). The fourth-order valence-electron chi connectivity index (χ4n) is 3.47. The lowest BCUT2D eigenvalue weighted by Gasteiger charge is -2.14. The lowest BCUT2D eigenvalue weighted by molar-refractivity contribution is -0.119. The zero-order valence-electron chi connectivity index (χ0n) is 16.5. The van der Waals surface area contributed by atoms with Crippen LogP contribution in [0.3, 0.4) is 0 Å². The van der Waals surface area contributed by atoms with Gasteiger partial charge in [0.25, 0.3) is 5.91 Å². The fourth-order valence-corrected chi connectivity index (χ4v) is 3.47. The molecule has 0 fully saturated rings. The van der Waals surface area contributed by atoms with Gasteiger partial charge < -0.3 is 10.1 Å². The number of nitrogens with one attached hydrogen (secondary N) is 1. The molecule has 1 aliphatic heterocycles. The van der Waals surface area contributed by atoms with E-state index in [4.69, 9.17) is 5.11 Å². The van der Waals surface area contributed by atoms with E-state index >= 15 is 0 Å². The minimum absolute atomic E-state index is 0.120. The number of H-pyrrole nitrogens is 1. The molecule has 2 N–H and O–H groups in total. The lowest BCUT2D eigenvalue weighted by atomic mass is 9.97. The van der Waals surface area contributed by atoms with Crippen molar-refractivity contribution in [3.05, 3.63) is 89.0 Å². The quantitative estimate of drug-likeness (QED) is 0.595. The summed E-state index contributed by atoms with van der Waals surface area (Å²) in [5.41, 5.74) is 2.51. The molecule has 7 nitrogen and oxygen atoms in total. The normalized spacial score (nSPS) is 15.8. The molecule has 0 saturated carbocycles. The number of halogens is 1. The number of benzene rings is 2. The number of aromatic carboxylic acids is 1. The van der Waals surface area contributed by atoms with E-state index in [0.29, 0.717) is 29.1 Å². The summed E-state index contributed by atoms with van der Waals surface area (Å²) in [4.78, 5) is 39.5. The number of nitrogens with zero attached hydrogens (tertiary/aromatic N) is 2. The molecule has 0 spiro atoms. The number of carboxylic acid groups (broad SMARTS) is 1. The number of carbonyl (C=O) groups excluding carboxylic acids is 2. The first-order valence-corrected chi connectivity index (χ1v) is 9.53. The maximum atomic E-state index is 13.4. The monoisotopic (exact) mass is 419 g/mol. The number of aromatic amines is 1. The highest BCUT2D eigenvalue weighted by Crippen LogP contribution is 2.27. The first-order valence-electron chi connectivity index (χ1n) is 9.53. The Morgan fingerprint density at radius 3 is 2.52 bits per heavy atom. The molecule has 0 radical (unpaired) electrons. The maximum absolute atomic E-state index is 13.4. The van der Waals surface area contributed by atoms with Crippen LogP contribution in [0.4, 0.5) is 10.1 Å². The molecule has 4 rings (SSSR count). The number of anilines is 1. The molecular formula is C23H18FN3O4. The minimum Gasteiger partial charge on any atom is -0.478 e. The van der Waals surface area contributed by atoms with Crippen molar-refractivity contribution in [3.8, 4) is 0 Å². The van der Waals surface area contributed by atoms with Gasteiger partial charge in [0.1, 0.15) is 5.82 Å². The Morgan fingerprint density at radius 1 is 1.10 bits per heavy atom. The second kappa shape index (κ2) is 7.98. The number of hydrogen-bond donors (Lipinski definition) is 2. The van der Waals surface area contributed by atoms with Crippen LogP contribution in [0.25, 0.3) is 0 Å². The van der Waals surface area contributed by atoms with Crippen molar-refractivity contribution in [2.45, 2.75) is 13.3 Å². The van der Waals surface area contributed by atoms with Gasteiger partial charge in [-0.15, -0.1) is 0 Å². The molecule has 0 saturated heterocycles. The number of carbonyl (C=O) groups is 3. The largest absolute Gasteiger partial charge is 0.478 e. The highest BCUT2D eigenvalue weighted by molar-refractivity contribution is 6.15.